The van der Waals surface area contributed by atoms with Crippen molar-refractivity contribution in [1.82, 2.24) is 10.6 Å². The number of nitrogens with one attached hydrogen (secondary N) is 2. The standard InChI is InChI=1S/C15H24N2O3/c1-12(15(18)17-10-14-4-2-9-20-14)16-7-3-8-19-11-13-5-6-13/h2,4,9,12-13,16H,3,5-8,10-11H2,1H3,(H,17,18). The molecule has 2 rings (SSSR count). The first-order valence-corrected chi connectivity index (χ1v) is 7.37. The smallest absolute Gasteiger partial charge is 0.237 e. The van der Waals surface area contributed by atoms with Crippen molar-refractivity contribution in [2.24, 2.45) is 5.92 Å². The molecule has 1 aromatic heterocycles. The van der Waals surface area contributed by atoms with Crippen LogP contribution in [0.2, 0.25) is 0 Å². The van der Waals surface area contributed by atoms with Crippen LogP contribution in [0.25, 0.3) is 0 Å². The molecule has 1 fully saturated rings. The summed E-state index contributed by atoms with van der Waals surface area (Å²) in [5.41, 5.74) is 0. The van der Waals surface area contributed by atoms with Crippen molar-refractivity contribution >= 4 is 5.91 Å². The average Bonchev–Trinajstić information content (AvgIpc) is 3.13. The summed E-state index contributed by atoms with van der Waals surface area (Å²) in [7, 11) is 0. The number of amides is 1. The summed E-state index contributed by atoms with van der Waals surface area (Å²) in [6.45, 7) is 4.76. The van der Waals surface area contributed by atoms with Gasteiger partial charge in [-0.15, -0.1) is 0 Å². The van der Waals surface area contributed by atoms with E-state index in [1.54, 1.807) is 6.26 Å². The van der Waals surface area contributed by atoms with Crippen LogP contribution in [0.15, 0.2) is 22.8 Å². The van der Waals surface area contributed by atoms with Crippen LogP contribution < -0.4 is 10.6 Å². The number of hydrogen-bond donors (Lipinski definition) is 2. The Morgan fingerprint density at radius 1 is 1.55 bits per heavy atom. The van der Waals surface area contributed by atoms with Crippen LogP contribution in [0.3, 0.4) is 0 Å². The second-order valence-corrected chi connectivity index (χ2v) is 5.34. The molecule has 1 saturated carbocycles. The maximum absolute atomic E-state index is 11.8. The van der Waals surface area contributed by atoms with E-state index in [0.717, 1.165) is 37.9 Å². The van der Waals surface area contributed by atoms with Crippen LogP contribution in [-0.4, -0.2) is 31.7 Å². The molecule has 1 amide bonds. The Morgan fingerprint density at radius 3 is 3.10 bits per heavy atom. The fraction of sp³-hybridized carbons (Fsp3) is 0.667. The van der Waals surface area contributed by atoms with Gasteiger partial charge in [0.1, 0.15) is 5.76 Å². The van der Waals surface area contributed by atoms with Gasteiger partial charge < -0.3 is 19.8 Å². The van der Waals surface area contributed by atoms with E-state index in [1.807, 2.05) is 19.1 Å². The van der Waals surface area contributed by atoms with Gasteiger partial charge in [-0.1, -0.05) is 0 Å². The minimum Gasteiger partial charge on any atom is -0.467 e. The highest BCUT2D eigenvalue weighted by molar-refractivity contribution is 5.81. The van der Waals surface area contributed by atoms with Crippen molar-refractivity contribution < 1.29 is 13.9 Å². The zero-order valence-corrected chi connectivity index (χ0v) is 12.1. The molecule has 0 aromatic carbocycles. The van der Waals surface area contributed by atoms with Crippen LogP contribution in [0.1, 0.15) is 31.9 Å². The summed E-state index contributed by atoms with van der Waals surface area (Å²) in [4.78, 5) is 11.8. The van der Waals surface area contributed by atoms with Gasteiger partial charge in [0.25, 0.3) is 0 Å². The lowest BCUT2D eigenvalue weighted by Gasteiger charge is -2.13. The topological polar surface area (TPSA) is 63.5 Å². The van der Waals surface area contributed by atoms with E-state index in [4.69, 9.17) is 9.15 Å². The van der Waals surface area contributed by atoms with Crippen LogP contribution >= 0.6 is 0 Å². The summed E-state index contributed by atoms with van der Waals surface area (Å²) < 4.78 is 10.7. The predicted molar refractivity (Wildman–Crippen MR) is 76.2 cm³/mol. The molecule has 5 nitrogen and oxygen atoms in total. The normalized spacial score (nSPS) is 16.1. The van der Waals surface area contributed by atoms with Crippen molar-refractivity contribution in [1.29, 1.82) is 0 Å². The molecule has 1 atom stereocenters. The molecule has 1 aliphatic carbocycles. The first kappa shape index (κ1) is 15.1. The fourth-order valence-electron chi connectivity index (χ4n) is 1.86. The molecule has 0 spiro atoms. The molecule has 0 bridgehead atoms. The second kappa shape index (κ2) is 8.07. The number of rotatable bonds is 10. The molecule has 1 aliphatic rings. The lowest BCUT2D eigenvalue weighted by Crippen LogP contribution is -2.42. The highest BCUT2D eigenvalue weighted by Crippen LogP contribution is 2.28. The summed E-state index contributed by atoms with van der Waals surface area (Å²) in [6, 6.07) is 3.45. The maximum atomic E-state index is 11.8. The van der Waals surface area contributed by atoms with Crippen molar-refractivity contribution in [2.45, 2.75) is 38.8 Å². The van der Waals surface area contributed by atoms with Gasteiger partial charge in [-0.3, -0.25) is 4.79 Å². The maximum Gasteiger partial charge on any atom is 0.237 e. The number of carbonyl (C=O) groups excluding carboxylic acids is 1. The number of furan rings is 1. The van der Waals surface area contributed by atoms with Gasteiger partial charge in [0, 0.05) is 13.2 Å². The van der Waals surface area contributed by atoms with Gasteiger partial charge in [-0.25, -0.2) is 0 Å². The summed E-state index contributed by atoms with van der Waals surface area (Å²) >= 11 is 0. The quantitative estimate of drug-likeness (QED) is 0.640. The van der Waals surface area contributed by atoms with Crippen molar-refractivity contribution in [3.05, 3.63) is 24.2 Å². The van der Waals surface area contributed by atoms with Gasteiger partial charge in [0.05, 0.1) is 18.8 Å². The van der Waals surface area contributed by atoms with E-state index in [-0.39, 0.29) is 11.9 Å². The molecule has 1 aromatic rings. The van der Waals surface area contributed by atoms with Crippen molar-refractivity contribution in [2.75, 3.05) is 19.8 Å². The van der Waals surface area contributed by atoms with E-state index in [2.05, 4.69) is 10.6 Å². The Bertz CT molecular complexity index is 388. The zero-order valence-electron chi connectivity index (χ0n) is 12.1. The van der Waals surface area contributed by atoms with E-state index in [0.29, 0.717) is 6.54 Å². The number of ether oxygens (including phenoxy) is 1. The van der Waals surface area contributed by atoms with Crippen LogP contribution in [-0.2, 0) is 16.1 Å². The third-order valence-corrected chi connectivity index (χ3v) is 3.38. The van der Waals surface area contributed by atoms with Gasteiger partial charge >= 0.3 is 0 Å². The summed E-state index contributed by atoms with van der Waals surface area (Å²) in [5.74, 6) is 1.56. The zero-order chi connectivity index (χ0) is 14.2. The fourth-order valence-corrected chi connectivity index (χ4v) is 1.86. The van der Waals surface area contributed by atoms with Crippen molar-refractivity contribution in [3.8, 4) is 0 Å². The minimum atomic E-state index is -0.201. The van der Waals surface area contributed by atoms with Gasteiger partial charge in [0.2, 0.25) is 5.91 Å². The molecule has 0 radical (unpaired) electrons. The Balaban J connectivity index is 1.47. The molecule has 20 heavy (non-hydrogen) atoms. The van der Waals surface area contributed by atoms with Gasteiger partial charge in [0.15, 0.2) is 0 Å². The van der Waals surface area contributed by atoms with Gasteiger partial charge in [-0.2, -0.15) is 0 Å². The van der Waals surface area contributed by atoms with E-state index >= 15 is 0 Å². The molecule has 1 heterocycles. The lowest BCUT2D eigenvalue weighted by molar-refractivity contribution is -0.123. The molecule has 1 unspecified atom stereocenters. The Labute approximate surface area is 120 Å². The molecule has 5 heteroatoms. The molecular formula is C15H24N2O3. The summed E-state index contributed by atoms with van der Waals surface area (Å²) in [6.07, 6.45) is 5.18. The number of hydrogen-bond acceptors (Lipinski definition) is 4. The molecule has 0 saturated heterocycles. The van der Waals surface area contributed by atoms with E-state index in [9.17, 15) is 4.79 Å². The largest absolute Gasteiger partial charge is 0.467 e. The van der Waals surface area contributed by atoms with Crippen LogP contribution in [0.4, 0.5) is 0 Å². The first-order valence-electron chi connectivity index (χ1n) is 7.37. The highest BCUT2D eigenvalue weighted by atomic mass is 16.5. The third kappa shape index (κ3) is 5.75. The van der Waals surface area contributed by atoms with Crippen molar-refractivity contribution in [3.63, 3.8) is 0 Å². The first-order chi connectivity index (χ1) is 9.75. The second-order valence-electron chi connectivity index (χ2n) is 5.34. The molecule has 0 aliphatic heterocycles. The highest BCUT2D eigenvalue weighted by Gasteiger charge is 2.20. The minimum absolute atomic E-state index is 0.0136. The monoisotopic (exact) mass is 280 g/mol. The van der Waals surface area contributed by atoms with Gasteiger partial charge in [-0.05, 0) is 50.8 Å². The Kier molecular flexibility index (Phi) is 6.08. The molecule has 2 N–H and O–H groups in total. The lowest BCUT2D eigenvalue weighted by atomic mass is 10.3. The predicted octanol–water partition coefficient (Wildman–Crippen LogP) is 1.69. The molecular weight excluding hydrogens is 256 g/mol. The Morgan fingerprint density at radius 2 is 2.40 bits per heavy atom. The van der Waals surface area contributed by atoms with E-state index in [1.165, 1.54) is 12.8 Å². The van der Waals surface area contributed by atoms with Crippen LogP contribution in [0, 0.1) is 5.92 Å². The molecule has 112 valence electrons. The van der Waals surface area contributed by atoms with Crippen LogP contribution in [0.5, 0.6) is 0 Å². The number of carbonyl (C=O) groups is 1. The SMILES string of the molecule is CC(NCCCOCC1CC1)C(=O)NCc1ccco1. The average molecular weight is 280 g/mol. The Hall–Kier alpha value is -1.33. The van der Waals surface area contributed by atoms with E-state index < -0.39 is 0 Å². The third-order valence-electron chi connectivity index (χ3n) is 3.38. The summed E-state index contributed by atoms with van der Waals surface area (Å²) in [5, 5.41) is 6.03.